The third-order valence-corrected chi connectivity index (χ3v) is 2.99. The molecule has 90 valence electrons. The molecule has 3 N–H and O–H groups in total. The van der Waals surface area contributed by atoms with Crippen molar-refractivity contribution in [3.63, 3.8) is 0 Å². The van der Waals surface area contributed by atoms with Crippen molar-refractivity contribution in [3.05, 3.63) is 41.1 Å². The van der Waals surface area contributed by atoms with E-state index in [0.717, 1.165) is 12.2 Å². The van der Waals surface area contributed by atoms with Gasteiger partial charge >= 0.3 is 0 Å². The minimum atomic E-state index is 0.536. The Morgan fingerprint density at radius 2 is 2.00 bits per heavy atom. The second-order valence-electron chi connectivity index (χ2n) is 4.44. The van der Waals surface area contributed by atoms with Crippen LogP contribution in [0.3, 0.4) is 0 Å². The number of hydrogen-bond donors (Lipinski definition) is 2. The molecule has 0 aliphatic heterocycles. The molecule has 0 atom stereocenters. The lowest BCUT2D eigenvalue weighted by Gasteiger charge is -2.19. The fourth-order valence-electron chi connectivity index (χ4n) is 1.77. The first-order valence-electron chi connectivity index (χ1n) is 5.64. The number of nitrogen functional groups attached to an aromatic ring is 1. The van der Waals surface area contributed by atoms with E-state index in [9.17, 15) is 0 Å². The van der Waals surface area contributed by atoms with Crippen molar-refractivity contribution in [2.75, 3.05) is 17.7 Å². The third-order valence-electron chi connectivity index (χ3n) is 2.99. The Morgan fingerprint density at radius 1 is 1.24 bits per heavy atom. The molecule has 0 fully saturated rings. The van der Waals surface area contributed by atoms with Gasteiger partial charge in [0.15, 0.2) is 0 Å². The van der Waals surface area contributed by atoms with Gasteiger partial charge in [0, 0.05) is 18.8 Å². The molecule has 0 radical (unpaired) electrons. The molecule has 0 saturated carbocycles. The van der Waals surface area contributed by atoms with Crippen molar-refractivity contribution in [1.82, 2.24) is 10.2 Å². The second kappa shape index (κ2) is 4.49. The zero-order valence-corrected chi connectivity index (χ0v) is 10.5. The molecule has 0 unspecified atom stereocenters. The van der Waals surface area contributed by atoms with Crippen LogP contribution in [0.5, 0.6) is 0 Å². The first-order valence-corrected chi connectivity index (χ1v) is 5.64. The SMILES string of the molecule is Cc1ccc(N(C)Cc2cc(N)n[nH]2)cc1C. The molecule has 0 aliphatic carbocycles. The number of nitrogens with zero attached hydrogens (tertiary/aromatic N) is 2. The quantitative estimate of drug-likeness (QED) is 0.850. The molecule has 0 amide bonds. The van der Waals surface area contributed by atoms with Crippen molar-refractivity contribution in [3.8, 4) is 0 Å². The Labute approximate surface area is 101 Å². The van der Waals surface area contributed by atoms with Gasteiger partial charge in [0.05, 0.1) is 12.2 Å². The van der Waals surface area contributed by atoms with Gasteiger partial charge in [0.2, 0.25) is 0 Å². The topological polar surface area (TPSA) is 57.9 Å². The van der Waals surface area contributed by atoms with E-state index in [4.69, 9.17) is 5.73 Å². The van der Waals surface area contributed by atoms with E-state index in [1.54, 1.807) is 0 Å². The first-order chi connectivity index (χ1) is 8.06. The zero-order valence-electron chi connectivity index (χ0n) is 10.5. The molecular weight excluding hydrogens is 212 g/mol. The van der Waals surface area contributed by atoms with E-state index >= 15 is 0 Å². The van der Waals surface area contributed by atoms with Crippen LogP contribution in [0.2, 0.25) is 0 Å². The monoisotopic (exact) mass is 230 g/mol. The largest absolute Gasteiger partial charge is 0.382 e. The number of benzene rings is 1. The Bertz CT molecular complexity index is 516. The Balaban J connectivity index is 2.14. The summed E-state index contributed by atoms with van der Waals surface area (Å²) in [6.45, 7) is 5.02. The van der Waals surface area contributed by atoms with Crippen molar-refractivity contribution >= 4 is 11.5 Å². The highest BCUT2D eigenvalue weighted by Crippen LogP contribution is 2.19. The van der Waals surface area contributed by atoms with E-state index in [2.05, 4.69) is 54.2 Å². The number of nitrogens with one attached hydrogen (secondary N) is 1. The highest BCUT2D eigenvalue weighted by Gasteiger charge is 2.05. The van der Waals surface area contributed by atoms with Gasteiger partial charge in [0.25, 0.3) is 0 Å². The van der Waals surface area contributed by atoms with E-state index in [0.29, 0.717) is 5.82 Å². The average Bonchev–Trinajstić information content (AvgIpc) is 2.68. The molecule has 17 heavy (non-hydrogen) atoms. The minimum absolute atomic E-state index is 0.536. The van der Waals surface area contributed by atoms with Crippen molar-refractivity contribution in [1.29, 1.82) is 0 Å². The van der Waals surface area contributed by atoms with Crippen LogP contribution in [0.25, 0.3) is 0 Å². The van der Waals surface area contributed by atoms with E-state index < -0.39 is 0 Å². The van der Waals surface area contributed by atoms with Crippen LogP contribution in [0.4, 0.5) is 11.5 Å². The van der Waals surface area contributed by atoms with Crippen molar-refractivity contribution < 1.29 is 0 Å². The van der Waals surface area contributed by atoms with Crippen molar-refractivity contribution in [2.24, 2.45) is 0 Å². The maximum Gasteiger partial charge on any atom is 0.145 e. The van der Waals surface area contributed by atoms with Gasteiger partial charge in [-0.25, -0.2) is 0 Å². The Kier molecular flexibility index (Phi) is 3.04. The smallest absolute Gasteiger partial charge is 0.145 e. The van der Waals surface area contributed by atoms with Gasteiger partial charge in [-0.05, 0) is 37.1 Å². The fraction of sp³-hybridized carbons (Fsp3) is 0.308. The molecule has 2 aromatic rings. The minimum Gasteiger partial charge on any atom is -0.382 e. The van der Waals surface area contributed by atoms with Gasteiger partial charge < -0.3 is 10.6 Å². The number of aromatic nitrogens is 2. The van der Waals surface area contributed by atoms with Crippen LogP contribution in [-0.2, 0) is 6.54 Å². The van der Waals surface area contributed by atoms with Crippen LogP contribution in [0.15, 0.2) is 24.3 Å². The van der Waals surface area contributed by atoms with Gasteiger partial charge in [-0.1, -0.05) is 6.07 Å². The predicted molar refractivity (Wildman–Crippen MR) is 71.0 cm³/mol. The molecule has 1 aromatic carbocycles. The number of anilines is 2. The molecule has 1 heterocycles. The molecule has 4 heteroatoms. The molecule has 1 aromatic heterocycles. The highest BCUT2D eigenvalue weighted by molar-refractivity contribution is 5.50. The lowest BCUT2D eigenvalue weighted by Crippen LogP contribution is -2.16. The summed E-state index contributed by atoms with van der Waals surface area (Å²) in [6.07, 6.45) is 0. The molecular formula is C13H18N4. The summed E-state index contributed by atoms with van der Waals surface area (Å²) < 4.78 is 0. The third kappa shape index (κ3) is 2.58. The number of aromatic amines is 1. The van der Waals surface area contributed by atoms with Crippen LogP contribution in [0, 0.1) is 13.8 Å². The van der Waals surface area contributed by atoms with Crippen molar-refractivity contribution in [2.45, 2.75) is 20.4 Å². The van der Waals surface area contributed by atoms with Crippen LogP contribution >= 0.6 is 0 Å². The van der Waals surface area contributed by atoms with Gasteiger partial charge in [-0.15, -0.1) is 0 Å². The molecule has 0 spiro atoms. The predicted octanol–water partition coefficient (Wildman–Crippen LogP) is 2.25. The second-order valence-corrected chi connectivity index (χ2v) is 4.44. The first kappa shape index (κ1) is 11.5. The zero-order chi connectivity index (χ0) is 12.4. The number of hydrogen-bond acceptors (Lipinski definition) is 3. The lowest BCUT2D eigenvalue weighted by molar-refractivity contribution is 0.869. The molecule has 4 nitrogen and oxygen atoms in total. The Morgan fingerprint density at radius 3 is 2.59 bits per heavy atom. The van der Waals surface area contributed by atoms with Gasteiger partial charge in [0.1, 0.15) is 5.82 Å². The van der Waals surface area contributed by atoms with Crippen LogP contribution in [-0.4, -0.2) is 17.2 Å². The van der Waals surface area contributed by atoms with E-state index in [-0.39, 0.29) is 0 Å². The van der Waals surface area contributed by atoms with Crippen LogP contribution < -0.4 is 10.6 Å². The molecule has 2 rings (SSSR count). The summed E-state index contributed by atoms with van der Waals surface area (Å²) >= 11 is 0. The number of nitrogens with two attached hydrogens (primary N) is 1. The normalized spacial score (nSPS) is 10.5. The number of H-pyrrole nitrogens is 1. The van der Waals surface area contributed by atoms with E-state index in [1.807, 2.05) is 6.07 Å². The highest BCUT2D eigenvalue weighted by atomic mass is 15.2. The van der Waals surface area contributed by atoms with E-state index in [1.165, 1.54) is 16.8 Å². The van der Waals surface area contributed by atoms with Gasteiger partial charge in [-0.3, -0.25) is 5.10 Å². The maximum atomic E-state index is 5.58. The fourth-order valence-corrected chi connectivity index (χ4v) is 1.77. The summed E-state index contributed by atoms with van der Waals surface area (Å²) in [5.74, 6) is 0.536. The standard InChI is InChI=1S/C13H18N4/c1-9-4-5-12(6-10(9)2)17(3)8-11-7-13(14)16-15-11/h4-7H,8H2,1-3H3,(H3,14,15,16). The summed E-state index contributed by atoms with van der Waals surface area (Å²) in [5.41, 5.74) is 10.4. The van der Waals surface area contributed by atoms with Crippen LogP contribution in [0.1, 0.15) is 16.8 Å². The molecule has 0 aliphatic rings. The lowest BCUT2D eigenvalue weighted by atomic mass is 10.1. The number of rotatable bonds is 3. The summed E-state index contributed by atoms with van der Waals surface area (Å²) in [7, 11) is 2.06. The summed E-state index contributed by atoms with van der Waals surface area (Å²) in [5, 5.41) is 6.84. The average molecular weight is 230 g/mol. The van der Waals surface area contributed by atoms with Gasteiger partial charge in [-0.2, -0.15) is 5.10 Å². The maximum absolute atomic E-state index is 5.58. The molecule has 0 saturated heterocycles. The number of aryl methyl sites for hydroxylation is 2. The Hall–Kier alpha value is -1.97. The summed E-state index contributed by atoms with van der Waals surface area (Å²) in [6, 6.07) is 8.32. The summed E-state index contributed by atoms with van der Waals surface area (Å²) in [4.78, 5) is 2.17. The molecule has 0 bridgehead atoms.